The molecule has 0 spiro atoms. The highest BCUT2D eigenvalue weighted by atomic mass is 16.5. The zero-order valence-electron chi connectivity index (χ0n) is 16.4. The van der Waals surface area contributed by atoms with E-state index in [2.05, 4.69) is 0 Å². The van der Waals surface area contributed by atoms with E-state index in [0.29, 0.717) is 24.8 Å². The lowest BCUT2D eigenvalue weighted by molar-refractivity contribution is -0.150. The molecular formula is C20H34O5. The molecule has 5 heteroatoms. The summed E-state index contributed by atoms with van der Waals surface area (Å²) in [6.45, 7) is 10.9. The van der Waals surface area contributed by atoms with Gasteiger partial charge in [-0.2, -0.15) is 0 Å². The Balaban J connectivity index is 3.15. The van der Waals surface area contributed by atoms with Crippen molar-refractivity contribution in [1.29, 1.82) is 0 Å². The van der Waals surface area contributed by atoms with Crippen molar-refractivity contribution in [1.82, 2.24) is 0 Å². The standard InChI is InChI=1S/C20H34O5/c1-7-17-15(6)19(23)14(5)16(21)9-8-11(2)18(22)12(3)10-13(4)20(24)25-17/h10-12,14-15,17-19,22-23H,7-9H2,1-6H3/b13-10+/t11-,12-,14-,15-,17+,18-,19+/m0/s1. The fourth-order valence-electron chi connectivity index (χ4n) is 3.51. The lowest BCUT2D eigenvalue weighted by Gasteiger charge is -2.31. The third-order valence-electron chi connectivity index (χ3n) is 5.61. The van der Waals surface area contributed by atoms with Gasteiger partial charge >= 0.3 is 5.97 Å². The molecule has 0 aromatic carbocycles. The molecule has 7 atom stereocenters. The molecule has 0 aromatic rings. The van der Waals surface area contributed by atoms with Crippen molar-refractivity contribution in [3.63, 3.8) is 0 Å². The summed E-state index contributed by atoms with van der Waals surface area (Å²) >= 11 is 0. The van der Waals surface area contributed by atoms with Crippen LogP contribution in [0.1, 0.15) is 60.8 Å². The van der Waals surface area contributed by atoms with E-state index in [4.69, 9.17) is 4.74 Å². The molecule has 5 nitrogen and oxygen atoms in total. The molecule has 1 heterocycles. The van der Waals surface area contributed by atoms with Gasteiger partial charge in [0.25, 0.3) is 0 Å². The third kappa shape index (κ3) is 5.65. The van der Waals surface area contributed by atoms with Crippen molar-refractivity contribution in [3.05, 3.63) is 11.6 Å². The van der Waals surface area contributed by atoms with Crippen LogP contribution in [0.2, 0.25) is 0 Å². The van der Waals surface area contributed by atoms with Crippen LogP contribution in [0.5, 0.6) is 0 Å². The highest BCUT2D eigenvalue weighted by Crippen LogP contribution is 2.26. The lowest BCUT2D eigenvalue weighted by atomic mass is 9.82. The topological polar surface area (TPSA) is 83.8 Å². The van der Waals surface area contributed by atoms with E-state index in [1.54, 1.807) is 19.9 Å². The fourth-order valence-corrected chi connectivity index (χ4v) is 3.51. The second-order valence-corrected chi connectivity index (χ2v) is 7.67. The summed E-state index contributed by atoms with van der Waals surface area (Å²) < 4.78 is 5.57. The molecule has 0 amide bonds. The molecule has 0 aliphatic carbocycles. The summed E-state index contributed by atoms with van der Waals surface area (Å²) in [5.74, 6) is -1.59. The molecule has 2 N–H and O–H groups in total. The van der Waals surface area contributed by atoms with Crippen LogP contribution in [0, 0.1) is 23.7 Å². The number of ether oxygens (including phenoxy) is 1. The number of carbonyl (C=O) groups excluding carboxylic acids is 2. The SMILES string of the molecule is CC[C@H]1OC(=O)/C(C)=C/[C@H](C)[C@@H](O)[C@@H](C)CCC(=O)[C@H](C)[C@@H](O)[C@H]1C. The fraction of sp³-hybridized carbons (Fsp3) is 0.800. The number of aliphatic hydroxyl groups excluding tert-OH is 2. The smallest absolute Gasteiger partial charge is 0.333 e. The molecular weight excluding hydrogens is 320 g/mol. The number of hydrogen-bond donors (Lipinski definition) is 2. The van der Waals surface area contributed by atoms with Gasteiger partial charge in [-0.05, 0) is 25.7 Å². The van der Waals surface area contributed by atoms with Gasteiger partial charge in [-0.25, -0.2) is 4.79 Å². The van der Waals surface area contributed by atoms with E-state index >= 15 is 0 Å². The third-order valence-corrected chi connectivity index (χ3v) is 5.61. The predicted molar refractivity (Wildman–Crippen MR) is 96.8 cm³/mol. The number of Topliss-reactive ketones (excluding diaryl/α,β-unsaturated/α-hetero) is 1. The average Bonchev–Trinajstić information content (AvgIpc) is 2.59. The summed E-state index contributed by atoms with van der Waals surface area (Å²) in [4.78, 5) is 24.8. The number of cyclic esters (lactones) is 1. The van der Waals surface area contributed by atoms with Crippen LogP contribution < -0.4 is 0 Å². The van der Waals surface area contributed by atoms with Crippen LogP contribution in [0.15, 0.2) is 11.6 Å². The Morgan fingerprint density at radius 2 is 1.72 bits per heavy atom. The number of esters is 1. The van der Waals surface area contributed by atoms with Gasteiger partial charge in [0.05, 0.1) is 12.2 Å². The van der Waals surface area contributed by atoms with Crippen molar-refractivity contribution in [2.45, 2.75) is 79.1 Å². The van der Waals surface area contributed by atoms with Gasteiger partial charge < -0.3 is 14.9 Å². The monoisotopic (exact) mass is 354 g/mol. The van der Waals surface area contributed by atoms with Gasteiger partial charge in [0.2, 0.25) is 0 Å². The summed E-state index contributed by atoms with van der Waals surface area (Å²) in [6, 6.07) is 0. The van der Waals surface area contributed by atoms with Crippen molar-refractivity contribution in [2.75, 3.05) is 0 Å². The molecule has 0 saturated heterocycles. The maximum absolute atomic E-state index is 12.4. The van der Waals surface area contributed by atoms with Gasteiger partial charge in [-0.3, -0.25) is 4.79 Å². The van der Waals surface area contributed by atoms with Crippen LogP contribution in [0.25, 0.3) is 0 Å². The Kier molecular flexibility index (Phi) is 8.29. The van der Waals surface area contributed by atoms with Crippen molar-refractivity contribution in [3.8, 4) is 0 Å². The second kappa shape index (κ2) is 9.48. The highest BCUT2D eigenvalue weighted by molar-refractivity contribution is 5.88. The van der Waals surface area contributed by atoms with Gasteiger partial charge in [0.1, 0.15) is 11.9 Å². The van der Waals surface area contributed by atoms with E-state index in [1.807, 2.05) is 27.7 Å². The van der Waals surface area contributed by atoms with Gasteiger partial charge in [-0.1, -0.05) is 40.7 Å². The summed E-state index contributed by atoms with van der Waals surface area (Å²) in [5.41, 5.74) is 0.458. The normalized spacial score (nSPS) is 41.4. The number of rotatable bonds is 1. The predicted octanol–water partition coefficient (Wildman–Crippen LogP) is 2.88. The first-order chi connectivity index (χ1) is 11.6. The van der Waals surface area contributed by atoms with Gasteiger partial charge in [0, 0.05) is 29.7 Å². The number of hydrogen-bond acceptors (Lipinski definition) is 5. The number of carbonyl (C=O) groups is 2. The van der Waals surface area contributed by atoms with Crippen molar-refractivity contribution in [2.24, 2.45) is 23.7 Å². The number of ketones is 1. The molecule has 0 bridgehead atoms. The molecule has 0 aromatic heterocycles. The van der Waals surface area contributed by atoms with Crippen molar-refractivity contribution < 1.29 is 24.5 Å². The van der Waals surface area contributed by atoms with Gasteiger partial charge in [-0.15, -0.1) is 0 Å². The summed E-state index contributed by atoms with van der Waals surface area (Å²) in [7, 11) is 0. The Morgan fingerprint density at radius 1 is 1.12 bits per heavy atom. The van der Waals surface area contributed by atoms with Gasteiger partial charge in [0.15, 0.2) is 0 Å². The van der Waals surface area contributed by atoms with Crippen LogP contribution in [0.3, 0.4) is 0 Å². The quantitative estimate of drug-likeness (QED) is 0.708. The molecule has 0 radical (unpaired) electrons. The number of aliphatic hydroxyl groups is 2. The zero-order valence-corrected chi connectivity index (χ0v) is 16.4. The van der Waals surface area contributed by atoms with E-state index in [-0.39, 0.29) is 23.5 Å². The van der Waals surface area contributed by atoms with Crippen LogP contribution in [0.4, 0.5) is 0 Å². The average molecular weight is 354 g/mol. The first-order valence-corrected chi connectivity index (χ1v) is 9.38. The largest absolute Gasteiger partial charge is 0.459 e. The maximum atomic E-state index is 12.4. The summed E-state index contributed by atoms with van der Waals surface area (Å²) in [6.07, 6.45) is 1.22. The highest BCUT2D eigenvalue weighted by Gasteiger charge is 2.34. The molecule has 0 saturated carbocycles. The Morgan fingerprint density at radius 3 is 2.28 bits per heavy atom. The van der Waals surface area contributed by atoms with Crippen molar-refractivity contribution >= 4 is 11.8 Å². The molecule has 1 aliphatic heterocycles. The maximum Gasteiger partial charge on any atom is 0.333 e. The molecule has 1 rings (SSSR count). The van der Waals surface area contributed by atoms with E-state index in [9.17, 15) is 19.8 Å². The van der Waals surface area contributed by atoms with E-state index in [1.165, 1.54) is 0 Å². The minimum absolute atomic E-state index is 0.0176. The molecule has 0 fully saturated rings. The van der Waals surface area contributed by atoms with Crippen LogP contribution in [-0.4, -0.2) is 40.3 Å². The first-order valence-electron chi connectivity index (χ1n) is 9.38. The zero-order chi connectivity index (χ0) is 19.3. The van der Waals surface area contributed by atoms with E-state index < -0.39 is 30.2 Å². The molecule has 1 aliphatic rings. The molecule has 25 heavy (non-hydrogen) atoms. The van der Waals surface area contributed by atoms with Crippen LogP contribution >= 0.6 is 0 Å². The minimum atomic E-state index is -0.864. The lowest BCUT2D eigenvalue weighted by Crippen LogP contribution is -2.39. The Bertz CT molecular complexity index is 498. The second-order valence-electron chi connectivity index (χ2n) is 7.67. The Hall–Kier alpha value is -1.20. The summed E-state index contributed by atoms with van der Waals surface area (Å²) in [5, 5.41) is 21.0. The minimum Gasteiger partial charge on any atom is -0.459 e. The molecule has 0 unspecified atom stereocenters. The Labute approximate surface area is 151 Å². The van der Waals surface area contributed by atoms with E-state index in [0.717, 1.165) is 0 Å². The first kappa shape index (κ1) is 21.8. The van der Waals surface area contributed by atoms with Crippen LogP contribution in [-0.2, 0) is 14.3 Å². The molecule has 144 valence electrons.